The van der Waals surface area contributed by atoms with Crippen LogP contribution in [0.2, 0.25) is 0 Å². The van der Waals surface area contributed by atoms with Crippen molar-refractivity contribution in [2.75, 3.05) is 6.54 Å². The van der Waals surface area contributed by atoms with Crippen molar-refractivity contribution in [1.29, 1.82) is 0 Å². The van der Waals surface area contributed by atoms with Crippen LogP contribution in [0, 0.1) is 23.2 Å². The van der Waals surface area contributed by atoms with E-state index in [9.17, 15) is 4.79 Å². The van der Waals surface area contributed by atoms with E-state index in [2.05, 4.69) is 41.7 Å². The summed E-state index contributed by atoms with van der Waals surface area (Å²) in [6.45, 7) is 1.31. The molecule has 0 spiro atoms. The predicted molar refractivity (Wildman–Crippen MR) is 109 cm³/mol. The largest absolute Gasteiger partial charge is 0.350 e. The molecule has 4 aliphatic rings. The highest BCUT2D eigenvalue weighted by atomic mass is 16.1. The number of nitrogens with zero attached hydrogens (tertiary/aromatic N) is 1. The second-order valence-electron chi connectivity index (χ2n) is 9.74. The van der Waals surface area contributed by atoms with Gasteiger partial charge in [-0.15, -0.1) is 0 Å². The zero-order chi connectivity index (χ0) is 19.0. The lowest BCUT2D eigenvalue weighted by Gasteiger charge is -2.56. The molecule has 0 atom stereocenters. The van der Waals surface area contributed by atoms with E-state index >= 15 is 0 Å². The Hall–Kier alpha value is -2.16. The standard InChI is InChI=1S/C25H30N2O/c28-24(26-18-25-14-21-11-22(15-25)13-23(12-21)16-25)17-27-8-6-20(7-9-27)10-19-4-2-1-3-5-19/h1-9,21-23H,10-18H2/p+1. The molecule has 28 heavy (non-hydrogen) atoms. The first-order valence-electron chi connectivity index (χ1n) is 10.9. The van der Waals surface area contributed by atoms with Crippen LogP contribution in [0.25, 0.3) is 0 Å². The Balaban J connectivity index is 1.14. The smallest absolute Gasteiger partial charge is 0.286 e. The summed E-state index contributed by atoms with van der Waals surface area (Å²) in [5.41, 5.74) is 3.00. The van der Waals surface area contributed by atoms with E-state index in [4.69, 9.17) is 0 Å². The van der Waals surface area contributed by atoms with E-state index in [1.807, 2.05) is 23.0 Å². The van der Waals surface area contributed by atoms with E-state index in [-0.39, 0.29) is 5.91 Å². The van der Waals surface area contributed by atoms with Gasteiger partial charge in [-0.25, -0.2) is 0 Å². The van der Waals surface area contributed by atoms with Crippen molar-refractivity contribution in [3.63, 3.8) is 0 Å². The van der Waals surface area contributed by atoms with Gasteiger partial charge in [0.25, 0.3) is 5.91 Å². The Kier molecular flexibility index (Phi) is 4.70. The number of carbonyl (C=O) groups is 1. The highest BCUT2D eigenvalue weighted by Crippen LogP contribution is 2.59. The van der Waals surface area contributed by atoms with Crippen LogP contribution in [0.4, 0.5) is 0 Å². The average molecular weight is 376 g/mol. The monoisotopic (exact) mass is 375 g/mol. The molecule has 0 radical (unpaired) electrons. The molecule has 0 aliphatic heterocycles. The average Bonchev–Trinajstić information content (AvgIpc) is 2.68. The van der Waals surface area contributed by atoms with Gasteiger partial charge in [0.15, 0.2) is 12.4 Å². The summed E-state index contributed by atoms with van der Waals surface area (Å²) >= 11 is 0. The third kappa shape index (κ3) is 3.85. The number of hydrogen-bond donors (Lipinski definition) is 1. The molecule has 1 heterocycles. The van der Waals surface area contributed by atoms with Gasteiger partial charge in [0.05, 0.1) is 0 Å². The SMILES string of the molecule is O=C(C[n+]1ccc(Cc2ccccc2)cc1)NCC12CC3CC(CC(C3)C1)C2. The molecular weight excluding hydrogens is 344 g/mol. The second kappa shape index (κ2) is 7.35. The fraction of sp³-hybridized carbons (Fsp3) is 0.520. The molecule has 4 aliphatic carbocycles. The molecular formula is C25H31N2O+. The number of benzene rings is 1. The van der Waals surface area contributed by atoms with Crippen LogP contribution in [-0.2, 0) is 17.8 Å². The van der Waals surface area contributed by atoms with Gasteiger partial charge in [-0.2, -0.15) is 4.57 Å². The maximum absolute atomic E-state index is 12.5. The van der Waals surface area contributed by atoms with Crippen molar-refractivity contribution < 1.29 is 9.36 Å². The maximum Gasteiger partial charge on any atom is 0.286 e. The van der Waals surface area contributed by atoms with Crippen molar-refractivity contribution in [1.82, 2.24) is 5.32 Å². The Labute approximate surface area is 168 Å². The minimum absolute atomic E-state index is 0.150. The topological polar surface area (TPSA) is 33.0 Å². The summed E-state index contributed by atoms with van der Waals surface area (Å²) in [5.74, 6) is 2.97. The van der Waals surface area contributed by atoms with Gasteiger partial charge < -0.3 is 5.32 Å². The van der Waals surface area contributed by atoms with Gasteiger partial charge in [0.2, 0.25) is 6.54 Å². The third-order valence-corrected chi connectivity index (χ3v) is 7.36. The van der Waals surface area contributed by atoms with Crippen molar-refractivity contribution in [3.8, 4) is 0 Å². The quantitative estimate of drug-likeness (QED) is 0.763. The fourth-order valence-corrected chi connectivity index (χ4v) is 6.56. The number of pyridine rings is 1. The van der Waals surface area contributed by atoms with Gasteiger partial charge in [0.1, 0.15) is 0 Å². The van der Waals surface area contributed by atoms with Crippen molar-refractivity contribution in [2.24, 2.45) is 23.2 Å². The maximum atomic E-state index is 12.5. The number of aromatic nitrogens is 1. The molecule has 0 saturated heterocycles. The lowest BCUT2D eigenvalue weighted by Crippen LogP contribution is -2.52. The zero-order valence-electron chi connectivity index (χ0n) is 16.6. The summed E-state index contributed by atoms with van der Waals surface area (Å²) < 4.78 is 1.99. The van der Waals surface area contributed by atoms with Crippen LogP contribution < -0.4 is 9.88 Å². The summed E-state index contributed by atoms with van der Waals surface area (Å²) in [4.78, 5) is 12.5. The molecule has 1 aromatic heterocycles. The lowest BCUT2D eigenvalue weighted by atomic mass is 9.49. The third-order valence-electron chi connectivity index (χ3n) is 7.36. The van der Waals surface area contributed by atoms with Crippen molar-refractivity contribution in [3.05, 3.63) is 66.0 Å². The fourth-order valence-electron chi connectivity index (χ4n) is 6.56. The molecule has 3 heteroatoms. The summed E-state index contributed by atoms with van der Waals surface area (Å²) in [5, 5.41) is 3.28. The van der Waals surface area contributed by atoms with Crippen LogP contribution >= 0.6 is 0 Å². The van der Waals surface area contributed by atoms with Crippen LogP contribution in [0.1, 0.15) is 49.7 Å². The van der Waals surface area contributed by atoms with Crippen LogP contribution in [0.3, 0.4) is 0 Å². The molecule has 2 aromatic rings. The van der Waals surface area contributed by atoms with Crippen LogP contribution in [0.15, 0.2) is 54.9 Å². The summed E-state index contributed by atoms with van der Waals surface area (Å²) in [6.07, 6.45) is 13.4. The molecule has 4 bridgehead atoms. The van der Waals surface area contributed by atoms with Gasteiger partial charge in [0, 0.05) is 18.7 Å². The Morgan fingerprint density at radius 3 is 2.07 bits per heavy atom. The number of hydrogen-bond acceptors (Lipinski definition) is 1. The van der Waals surface area contributed by atoms with E-state index in [0.29, 0.717) is 12.0 Å². The highest BCUT2D eigenvalue weighted by Gasteiger charge is 2.50. The van der Waals surface area contributed by atoms with Gasteiger partial charge in [-0.1, -0.05) is 30.3 Å². The van der Waals surface area contributed by atoms with Crippen LogP contribution in [-0.4, -0.2) is 12.5 Å². The van der Waals surface area contributed by atoms with Gasteiger partial charge >= 0.3 is 0 Å². The molecule has 0 unspecified atom stereocenters. The number of nitrogens with one attached hydrogen (secondary N) is 1. The first kappa shape index (κ1) is 17.9. The molecule has 1 aromatic carbocycles. The number of amides is 1. The van der Waals surface area contributed by atoms with Crippen LogP contribution in [0.5, 0.6) is 0 Å². The molecule has 3 nitrogen and oxygen atoms in total. The predicted octanol–water partition coefficient (Wildman–Crippen LogP) is 3.90. The normalized spacial score (nSPS) is 30.4. The van der Waals surface area contributed by atoms with E-state index in [1.54, 1.807) is 0 Å². The summed E-state index contributed by atoms with van der Waals surface area (Å²) in [7, 11) is 0. The second-order valence-corrected chi connectivity index (χ2v) is 9.74. The Morgan fingerprint density at radius 2 is 1.46 bits per heavy atom. The minimum atomic E-state index is 0.150. The molecule has 1 amide bonds. The minimum Gasteiger partial charge on any atom is -0.350 e. The number of carbonyl (C=O) groups excluding carboxylic acids is 1. The Morgan fingerprint density at radius 1 is 0.893 bits per heavy atom. The van der Waals surface area contributed by atoms with Gasteiger partial charge in [-0.3, -0.25) is 4.79 Å². The van der Waals surface area contributed by atoms with Crippen molar-refractivity contribution >= 4 is 5.91 Å². The molecule has 4 saturated carbocycles. The molecule has 146 valence electrons. The lowest BCUT2D eigenvalue weighted by molar-refractivity contribution is -0.684. The van der Waals surface area contributed by atoms with Gasteiger partial charge in [-0.05, 0) is 79.2 Å². The molecule has 4 fully saturated rings. The van der Waals surface area contributed by atoms with E-state index in [0.717, 1.165) is 30.7 Å². The highest BCUT2D eigenvalue weighted by molar-refractivity contribution is 5.74. The molecule has 6 rings (SSSR count). The first-order chi connectivity index (χ1) is 13.7. The molecule has 1 N–H and O–H groups in total. The van der Waals surface area contributed by atoms with E-state index < -0.39 is 0 Å². The zero-order valence-corrected chi connectivity index (χ0v) is 16.6. The summed E-state index contributed by atoms with van der Waals surface area (Å²) in [6, 6.07) is 14.8. The first-order valence-corrected chi connectivity index (χ1v) is 10.9. The Bertz CT molecular complexity index is 792. The van der Waals surface area contributed by atoms with Crippen molar-refractivity contribution in [2.45, 2.75) is 51.5 Å². The van der Waals surface area contributed by atoms with E-state index in [1.165, 1.54) is 49.7 Å². The number of rotatable bonds is 6.